The summed E-state index contributed by atoms with van der Waals surface area (Å²) in [4.78, 5) is 23.7. The summed E-state index contributed by atoms with van der Waals surface area (Å²) in [5.74, 6) is -2.05. The summed E-state index contributed by atoms with van der Waals surface area (Å²) in [6.45, 7) is 4.22. The van der Waals surface area contributed by atoms with Gasteiger partial charge in [0.2, 0.25) is 0 Å². The molecule has 7 nitrogen and oxygen atoms in total. The number of allylic oxidation sites excluding steroid dienone is 1. The van der Waals surface area contributed by atoms with Gasteiger partial charge in [-0.3, -0.25) is 14.1 Å². The highest BCUT2D eigenvalue weighted by atomic mass is 32.2. The minimum atomic E-state index is -4.77. The average molecular weight is 505 g/mol. The van der Waals surface area contributed by atoms with Crippen LogP contribution in [0, 0.1) is 0 Å². The van der Waals surface area contributed by atoms with Gasteiger partial charge in [-0.25, -0.2) is 0 Å². The fraction of sp³-hybridized carbons (Fsp3) is 0.846. The first-order chi connectivity index (χ1) is 16.3. The van der Waals surface area contributed by atoms with Crippen LogP contribution in [0.2, 0.25) is 0 Å². The third-order valence-corrected chi connectivity index (χ3v) is 6.83. The molecule has 0 aromatic rings. The van der Waals surface area contributed by atoms with Crippen LogP contribution in [0.3, 0.4) is 0 Å². The number of hydrogen-bond donors (Lipinski definition) is 1. The molecule has 0 aliphatic carbocycles. The molecule has 0 rings (SSSR count). The van der Waals surface area contributed by atoms with Gasteiger partial charge in [0.15, 0.2) is 5.25 Å². The SMILES string of the molecule is CC/C=C/OC(=O)C(CC(=O)OCCCCCCCCCCCCCCCCCC)S(=O)(=O)O. The number of hydrogen-bond acceptors (Lipinski definition) is 6. The van der Waals surface area contributed by atoms with E-state index in [1.807, 2.05) is 0 Å². The first-order valence-corrected chi connectivity index (χ1v) is 14.8. The highest BCUT2D eigenvalue weighted by Crippen LogP contribution is 2.14. The van der Waals surface area contributed by atoms with Crippen LogP contribution >= 0.6 is 0 Å². The molecule has 8 heteroatoms. The van der Waals surface area contributed by atoms with Gasteiger partial charge in [-0.2, -0.15) is 8.42 Å². The van der Waals surface area contributed by atoms with Crippen LogP contribution in [0.5, 0.6) is 0 Å². The van der Waals surface area contributed by atoms with Gasteiger partial charge in [0.05, 0.1) is 19.3 Å². The molecule has 0 bridgehead atoms. The monoisotopic (exact) mass is 504 g/mol. The molecule has 0 fully saturated rings. The molecular weight excluding hydrogens is 456 g/mol. The lowest BCUT2D eigenvalue weighted by atomic mass is 10.0. The van der Waals surface area contributed by atoms with Gasteiger partial charge in [-0.1, -0.05) is 110 Å². The number of unbranched alkanes of at least 4 members (excludes halogenated alkanes) is 15. The Bertz CT molecular complexity index is 644. The highest BCUT2D eigenvalue weighted by molar-refractivity contribution is 7.87. The van der Waals surface area contributed by atoms with Crippen LogP contribution in [0.4, 0.5) is 0 Å². The summed E-state index contributed by atoms with van der Waals surface area (Å²) in [5.41, 5.74) is 0. The first kappa shape index (κ1) is 32.6. The number of esters is 2. The smallest absolute Gasteiger partial charge is 0.332 e. The van der Waals surface area contributed by atoms with Crippen molar-refractivity contribution in [2.75, 3.05) is 6.61 Å². The molecule has 0 aromatic carbocycles. The van der Waals surface area contributed by atoms with E-state index in [-0.39, 0.29) is 6.61 Å². The van der Waals surface area contributed by atoms with E-state index in [2.05, 4.69) is 11.7 Å². The van der Waals surface area contributed by atoms with E-state index in [0.29, 0.717) is 12.8 Å². The van der Waals surface area contributed by atoms with Crippen molar-refractivity contribution in [2.45, 2.75) is 135 Å². The zero-order chi connectivity index (χ0) is 25.5. The number of rotatable bonds is 23. The second-order valence-corrected chi connectivity index (χ2v) is 10.5. The molecule has 0 saturated heterocycles. The summed E-state index contributed by atoms with van der Waals surface area (Å²) in [5, 5.41) is -1.98. The van der Waals surface area contributed by atoms with E-state index >= 15 is 0 Å². The molecule has 1 unspecified atom stereocenters. The van der Waals surface area contributed by atoms with E-state index in [0.717, 1.165) is 25.5 Å². The predicted molar refractivity (Wildman–Crippen MR) is 136 cm³/mol. The fourth-order valence-corrected chi connectivity index (χ4v) is 4.29. The van der Waals surface area contributed by atoms with Crippen molar-refractivity contribution in [2.24, 2.45) is 0 Å². The molecule has 0 radical (unpaired) electrons. The van der Waals surface area contributed by atoms with E-state index < -0.39 is 33.7 Å². The Hall–Kier alpha value is -1.41. The molecule has 1 N–H and O–H groups in total. The summed E-state index contributed by atoms with van der Waals surface area (Å²) in [7, 11) is -4.77. The lowest BCUT2D eigenvalue weighted by molar-refractivity contribution is -0.147. The molecule has 0 aromatic heterocycles. The second kappa shape index (κ2) is 22.1. The molecule has 0 saturated carbocycles. The van der Waals surface area contributed by atoms with E-state index in [1.165, 1.54) is 83.1 Å². The molecule has 0 amide bonds. The maximum Gasteiger partial charge on any atom is 0.332 e. The van der Waals surface area contributed by atoms with Crippen molar-refractivity contribution in [3.05, 3.63) is 12.3 Å². The highest BCUT2D eigenvalue weighted by Gasteiger charge is 2.35. The minimum Gasteiger partial charge on any atom is -0.466 e. The summed E-state index contributed by atoms with van der Waals surface area (Å²) in [6.07, 6.45) is 22.3. The maximum absolute atomic E-state index is 11.9. The molecule has 1 atom stereocenters. The molecule has 200 valence electrons. The van der Waals surface area contributed by atoms with Gasteiger partial charge < -0.3 is 9.47 Å². The summed E-state index contributed by atoms with van der Waals surface area (Å²) >= 11 is 0. The fourth-order valence-electron chi connectivity index (χ4n) is 3.64. The topological polar surface area (TPSA) is 107 Å². The van der Waals surface area contributed by atoms with Crippen LogP contribution in [-0.2, 0) is 29.2 Å². The lowest BCUT2D eigenvalue weighted by Gasteiger charge is -2.11. The molecule has 0 aliphatic rings. The molecule has 0 spiro atoms. The van der Waals surface area contributed by atoms with E-state index in [9.17, 15) is 22.6 Å². The normalized spacial score (nSPS) is 12.7. The van der Waals surface area contributed by atoms with Crippen LogP contribution in [0.15, 0.2) is 12.3 Å². The van der Waals surface area contributed by atoms with Gasteiger partial charge in [0.25, 0.3) is 10.1 Å². The van der Waals surface area contributed by atoms with Crippen molar-refractivity contribution in [3.63, 3.8) is 0 Å². The van der Waals surface area contributed by atoms with E-state index in [4.69, 9.17) is 4.74 Å². The Morgan fingerprint density at radius 1 is 0.765 bits per heavy atom. The van der Waals surface area contributed by atoms with Gasteiger partial charge in [0, 0.05) is 0 Å². The maximum atomic E-state index is 11.9. The molecule has 34 heavy (non-hydrogen) atoms. The first-order valence-electron chi connectivity index (χ1n) is 13.3. The number of carbonyl (C=O) groups excluding carboxylic acids is 2. The van der Waals surface area contributed by atoms with Crippen molar-refractivity contribution in [1.82, 2.24) is 0 Å². The van der Waals surface area contributed by atoms with Crippen LogP contribution in [0.25, 0.3) is 0 Å². The average Bonchev–Trinajstić information content (AvgIpc) is 2.78. The van der Waals surface area contributed by atoms with Gasteiger partial charge in [-0.05, 0) is 18.9 Å². The molecule has 0 heterocycles. The number of carbonyl (C=O) groups is 2. The van der Waals surface area contributed by atoms with Gasteiger partial charge >= 0.3 is 11.9 Å². The summed E-state index contributed by atoms with van der Waals surface area (Å²) < 4.78 is 41.7. The van der Waals surface area contributed by atoms with Crippen LogP contribution in [0.1, 0.15) is 129 Å². The van der Waals surface area contributed by atoms with Crippen molar-refractivity contribution in [1.29, 1.82) is 0 Å². The predicted octanol–water partition coefficient (Wildman–Crippen LogP) is 6.90. The largest absolute Gasteiger partial charge is 0.466 e. The zero-order valence-corrected chi connectivity index (χ0v) is 22.3. The third-order valence-electron chi connectivity index (χ3n) is 5.75. The molecule has 0 aliphatic heterocycles. The van der Waals surface area contributed by atoms with Crippen LogP contribution < -0.4 is 0 Å². The van der Waals surface area contributed by atoms with Gasteiger partial charge in [0.1, 0.15) is 0 Å². The van der Waals surface area contributed by atoms with E-state index in [1.54, 1.807) is 6.92 Å². The number of ether oxygens (including phenoxy) is 2. The standard InChI is InChI=1S/C26H48O7S/c1-3-5-7-8-9-10-11-12-13-14-15-16-17-18-19-20-22-32-25(27)23-24(34(29,30)31)26(28)33-21-6-4-2/h6,21,24H,3-5,7-20,22-23H2,1-2H3,(H,29,30,31)/b21-6+. The second-order valence-electron chi connectivity index (χ2n) is 8.95. The zero-order valence-electron chi connectivity index (χ0n) is 21.5. The Kier molecular flexibility index (Phi) is 21.2. The van der Waals surface area contributed by atoms with Crippen molar-refractivity contribution < 1.29 is 32.0 Å². The third kappa shape index (κ3) is 20.0. The minimum absolute atomic E-state index is 0.167. The lowest BCUT2D eigenvalue weighted by Crippen LogP contribution is -2.33. The Morgan fingerprint density at radius 3 is 1.62 bits per heavy atom. The van der Waals surface area contributed by atoms with Gasteiger partial charge in [-0.15, -0.1) is 0 Å². The Balaban J connectivity index is 3.68. The quantitative estimate of drug-likeness (QED) is 0.0697. The Morgan fingerprint density at radius 2 is 1.21 bits per heavy atom. The molecular formula is C26H48O7S. The summed E-state index contributed by atoms with van der Waals surface area (Å²) in [6, 6.07) is 0. The van der Waals surface area contributed by atoms with Crippen LogP contribution in [-0.4, -0.2) is 36.8 Å². The van der Waals surface area contributed by atoms with Crippen molar-refractivity contribution in [3.8, 4) is 0 Å². The Labute approximate surface area is 207 Å². The van der Waals surface area contributed by atoms with Crippen molar-refractivity contribution >= 4 is 22.1 Å².